The van der Waals surface area contributed by atoms with Crippen molar-refractivity contribution < 1.29 is 0 Å². The summed E-state index contributed by atoms with van der Waals surface area (Å²) in [6.45, 7) is 17.6. The molecule has 0 N–H and O–H groups in total. The molecule has 0 aromatic heterocycles. The zero-order valence-corrected chi connectivity index (χ0v) is 11.4. The van der Waals surface area contributed by atoms with Crippen molar-refractivity contribution in [2.75, 3.05) is 0 Å². The Morgan fingerprint density at radius 2 is 1.80 bits per heavy atom. The van der Waals surface area contributed by atoms with Crippen molar-refractivity contribution in [2.24, 2.45) is 17.3 Å². The van der Waals surface area contributed by atoms with E-state index in [1.807, 2.05) is 6.08 Å². The van der Waals surface area contributed by atoms with E-state index in [4.69, 9.17) is 0 Å². The predicted octanol–water partition coefficient (Wildman–Crippen LogP) is 5.22. The van der Waals surface area contributed by atoms with Gasteiger partial charge in [-0.1, -0.05) is 45.4 Å². The van der Waals surface area contributed by atoms with Crippen LogP contribution in [0.4, 0.5) is 0 Å². The Hall–Kier alpha value is -0.520. The zero-order chi connectivity index (χ0) is 12.1. The molecular formula is C15H28. The molecule has 15 heavy (non-hydrogen) atoms. The Morgan fingerprint density at radius 1 is 1.27 bits per heavy atom. The van der Waals surface area contributed by atoms with E-state index in [1.54, 1.807) is 0 Å². The quantitative estimate of drug-likeness (QED) is 0.525. The summed E-state index contributed by atoms with van der Waals surface area (Å²) in [5, 5.41) is 0. The van der Waals surface area contributed by atoms with Gasteiger partial charge in [0.15, 0.2) is 0 Å². The summed E-state index contributed by atoms with van der Waals surface area (Å²) in [6.07, 6.45) is 6.82. The maximum atomic E-state index is 3.81. The van der Waals surface area contributed by atoms with Crippen molar-refractivity contribution in [1.82, 2.24) is 0 Å². The van der Waals surface area contributed by atoms with Crippen LogP contribution < -0.4 is 0 Å². The molecule has 0 nitrogen and oxygen atoms in total. The third kappa shape index (κ3) is 5.81. The first-order valence-corrected chi connectivity index (χ1v) is 6.05. The maximum Gasteiger partial charge on any atom is -0.0208 e. The molecule has 0 aliphatic carbocycles. The zero-order valence-electron chi connectivity index (χ0n) is 11.4. The van der Waals surface area contributed by atoms with E-state index in [2.05, 4.69) is 54.2 Å². The predicted molar refractivity (Wildman–Crippen MR) is 71.0 cm³/mol. The topological polar surface area (TPSA) is 0 Å². The summed E-state index contributed by atoms with van der Waals surface area (Å²) in [5.74, 6) is 1.39. The standard InChI is InChI=1S/C15H28/c1-8-9-13(4)11-15(6,7)14(5)10-12(2)3/h8,10,13-14H,1,9,11H2,2-7H3. The summed E-state index contributed by atoms with van der Waals surface area (Å²) in [6, 6.07) is 0. The third-order valence-corrected chi connectivity index (χ3v) is 3.26. The molecule has 2 atom stereocenters. The van der Waals surface area contributed by atoms with Gasteiger partial charge in [0, 0.05) is 0 Å². The van der Waals surface area contributed by atoms with Gasteiger partial charge in [-0.15, -0.1) is 6.58 Å². The van der Waals surface area contributed by atoms with Gasteiger partial charge in [-0.2, -0.15) is 0 Å². The van der Waals surface area contributed by atoms with Crippen molar-refractivity contribution >= 4 is 0 Å². The minimum atomic E-state index is 0.389. The van der Waals surface area contributed by atoms with Crippen LogP contribution in [-0.2, 0) is 0 Å². The van der Waals surface area contributed by atoms with E-state index in [0.29, 0.717) is 11.3 Å². The first-order chi connectivity index (χ1) is 6.79. The molecule has 88 valence electrons. The van der Waals surface area contributed by atoms with Gasteiger partial charge in [-0.25, -0.2) is 0 Å². The average molecular weight is 208 g/mol. The van der Waals surface area contributed by atoms with E-state index < -0.39 is 0 Å². The van der Waals surface area contributed by atoms with Crippen LogP contribution >= 0.6 is 0 Å². The molecule has 2 unspecified atom stereocenters. The lowest BCUT2D eigenvalue weighted by Crippen LogP contribution is -2.23. The number of rotatable bonds is 6. The fraction of sp³-hybridized carbons (Fsp3) is 0.733. The van der Waals surface area contributed by atoms with E-state index in [9.17, 15) is 0 Å². The highest BCUT2D eigenvalue weighted by Gasteiger charge is 2.25. The van der Waals surface area contributed by atoms with Crippen molar-refractivity contribution in [1.29, 1.82) is 0 Å². The molecule has 0 aliphatic rings. The van der Waals surface area contributed by atoms with Crippen LogP contribution in [0.2, 0.25) is 0 Å². The maximum absolute atomic E-state index is 3.81. The molecule has 0 amide bonds. The lowest BCUT2D eigenvalue weighted by molar-refractivity contribution is 0.214. The SMILES string of the molecule is C=CCC(C)CC(C)(C)C(C)C=C(C)C. The van der Waals surface area contributed by atoms with Crippen molar-refractivity contribution in [3.05, 3.63) is 24.3 Å². The summed E-state index contributed by atoms with van der Waals surface area (Å²) in [5.41, 5.74) is 1.81. The largest absolute Gasteiger partial charge is 0.103 e. The Balaban J connectivity index is 4.39. The minimum Gasteiger partial charge on any atom is -0.103 e. The first kappa shape index (κ1) is 14.5. The second-order valence-electron chi connectivity index (χ2n) is 5.85. The molecule has 0 heteroatoms. The summed E-state index contributed by atoms with van der Waals surface area (Å²) >= 11 is 0. The molecule has 0 bridgehead atoms. The minimum absolute atomic E-state index is 0.389. The Morgan fingerprint density at radius 3 is 2.20 bits per heavy atom. The number of hydrogen-bond acceptors (Lipinski definition) is 0. The normalized spacial score (nSPS) is 15.6. The van der Waals surface area contributed by atoms with Crippen molar-refractivity contribution in [2.45, 2.75) is 54.4 Å². The van der Waals surface area contributed by atoms with E-state index in [1.165, 1.54) is 12.0 Å². The van der Waals surface area contributed by atoms with Crippen LogP contribution in [0.1, 0.15) is 54.4 Å². The summed E-state index contributed by atoms with van der Waals surface area (Å²) in [7, 11) is 0. The van der Waals surface area contributed by atoms with Gasteiger partial charge in [-0.05, 0) is 43.9 Å². The fourth-order valence-corrected chi connectivity index (χ4v) is 2.18. The van der Waals surface area contributed by atoms with Gasteiger partial charge in [0.05, 0.1) is 0 Å². The van der Waals surface area contributed by atoms with Gasteiger partial charge >= 0.3 is 0 Å². The van der Waals surface area contributed by atoms with Crippen LogP contribution in [0.25, 0.3) is 0 Å². The van der Waals surface area contributed by atoms with Crippen LogP contribution in [0.3, 0.4) is 0 Å². The molecule has 0 fully saturated rings. The molecule has 0 aromatic carbocycles. The third-order valence-electron chi connectivity index (χ3n) is 3.26. The highest BCUT2D eigenvalue weighted by atomic mass is 14.3. The van der Waals surface area contributed by atoms with Crippen LogP contribution in [0.15, 0.2) is 24.3 Å². The van der Waals surface area contributed by atoms with Gasteiger partial charge in [0.1, 0.15) is 0 Å². The molecule has 0 spiro atoms. The molecule has 0 saturated heterocycles. The fourth-order valence-electron chi connectivity index (χ4n) is 2.18. The van der Waals surface area contributed by atoms with Gasteiger partial charge in [0.25, 0.3) is 0 Å². The molecule has 0 heterocycles. The molecule has 0 radical (unpaired) electrons. The van der Waals surface area contributed by atoms with Gasteiger partial charge < -0.3 is 0 Å². The highest BCUT2D eigenvalue weighted by molar-refractivity contribution is 5.00. The number of allylic oxidation sites excluding steroid dienone is 3. The van der Waals surface area contributed by atoms with E-state index >= 15 is 0 Å². The summed E-state index contributed by atoms with van der Waals surface area (Å²) in [4.78, 5) is 0. The molecular weight excluding hydrogens is 180 g/mol. The summed E-state index contributed by atoms with van der Waals surface area (Å²) < 4.78 is 0. The molecule has 0 saturated carbocycles. The van der Waals surface area contributed by atoms with Crippen molar-refractivity contribution in [3.63, 3.8) is 0 Å². The lowest BCUT2D eigenvalue weighted by atomic mass is 9.73. The molecule has 0 aromatic rings. The second kappa shape index (κ2) is 6.15. The first-order valence-electron chi connectivity index (χ1n) is 6.05. The number of hydrogen-bond donors (Lipinski definition) is 0. The second-order valence-corrected chi connectivity index (χ2v) is 5.85. The van der Waals surface area contributed by atoms with Crippen LogP contribution in [-0.4, -0.2) is 0 Å². The lowest BCUT2D eigenvalue weighted by Gasteiger charge is -2.32. The van der Waals surface area contributed by atoms with Crippen molar-refractivity contribution in [3.8, 4) is 0 Å². The van der Waals surface area contributed by atoms with Crippen LogP contribution in [0.5, 0.6) is 0 Å². The molecule has 0 rings (SSSR count). The van der Waals surface area contributed by atoms with Crippen LogP contribution in [0, 0.1) is 17.3 Å². The van der Waals surface area contributed by atoms with E-state index in [0.717, 1.165) is 12.3 Å². The Kier molecular flexibility index (Phi) is 5.93. The van der Waals surface area contributed by atoms with Gasteiger partial charge in [0.2, 0.25) is 0 Å². The highest BCUT2D eigenvalue weighted by Crippen LogP contribution is 2.36. The Labute approximate surface area is 96.5 Å². The average Bonchev–Trinajstić information content (AvgIpc) is 2.01. The molecule has 0 aliphatic heterocycles. The smallest absolute Gasteiger partial charge is 0.0208 e. The Bertz CT molecular complexity index is 216. The monoisotopic (exact) mass is 208 g/mol. The van der Waals surface area contributed by atoms with E-state index in [-0.39, 0.29) is 0 Å². The van der Waals surface area contributed by atoms with Gasteiger partial charge in [-0.3, -0.25) is 0 Å².